The zero-order valence-corrected chi connectivity index (χ0v) is 12.0. The summed E-state index contributed by atoms with van der Waals surface area (Å²) in [6.45, 7) is 0. The Balaban J connectivity index is 2.53. The fourth-order valence-corrected chi connectivity index (χ4v) is 2.46. The molecule has 18 heavy (non-hydrogen) atoms. The molecule has 0 aliphatic carbocycles. The Morgan fingerprint density at radius 2 is 2.11 bits per heavy atom. The van der Waals surface area contributed by atoms with Gasteiger partial charge in [-0.1, -0.05) is 23.7 Å². The number of benzene rings is 1. The van der Waals surface area contributed by atoms with Crippen LogP contribution in [0.1, 0.15) is 17.2 Å². The van der Waals surface area contributed by atoms with Gasteiger partial charge in [-0.25, -0.2) is 4.39 Å². The average molecular weight is 330 g/mol. The van der Waals surface area contributed by atoms with Crippen LogP contribution in [0, 0.1) is 5.82 Å². The molecule has 0 amide bonds. The van der Waals surface area contributed by atoms with Crippen molar-refractivity contribution in [2.75, 3.05) is 7.05 Å². The lowest BCUT2D eigenvalue weighted by Gasteiger charge is -2.19. The third-order valence-corrected chi connectivity index (χ3v) is 4.01. The molecule has 1 atom stereocenters. The molecule has 0 radical (unpaired) electrons. The minimum absolute atomic E-state index is 0.307. The molecule has 0 bridgehead atoms. The van der Waals surface area contributed by atoms with E-state index in [1.54, 1.807) is 19.3 Å². The predicted octanol–water partition coefficient (Wildman–Crippen LogP) is 3.95. The maximum atomic E-state index is 13.8. The Kier molecular flexibility index (Phi) is 4.32. The monoisotopic (exact) mass is 328 g/mol. The minimum atomic E-state index is -0.354. The average Bonchev–Trinajstić information content (AvgIpc) is 2.37. The topological polar surface area (TPSA) is 24.9 Å². The van der Waals surface area contributed by atoms with E-state index in [2.05, 4.69) is 26.2 Å². The van der Waals surface area contributed by atoms with Gasteiger partial charge in [0.2, 0.25) is 0 Å². The maximum absolute atomic E-state index is 13.8. The zero-order valence-electron chi connectivity index (χ0n) is 9.62. The number of nitrogens with one attached hydrogen (secondary N) is 1. The van der Waals surface area contributed by atoms with Gasteiger partial charge in [0.15, 0.2) is 0 Å². The molecular formula is C13H11BrClFN2. The predicted molar refractivity (Wildman–Crippen MR) is 74.2 cm³/mol. The lowest BCUT2D eigenvalue weighted by atomic mass is 9.99. The Labute approximate surface area is 118 Å². The summed E-state index contributed by atoms with van der Waals surface area (Å²) in [5, 5.41) is 3.65. The molecule has 0 spiro atoms. The second-order valence-electron chi connectivity index (χ2n) is 3.76. The Hall–Kier alpha value is -0.970. The number of rotatable bonds is 3. The highest BCUT2D eigenvalue weighted by molar-refractivity contribution is 9.10. The molecule has 1 N–H and O–H groups in total. The molecule has 0 aliphatic heterocycles. The second kappa shape index (κ2) is 5.78. The first-order valence-corrected chi connectivity index (χ1v) is 6.53. The molecule has 2 nitrogen and oxygen atoms in total. The summed E-state index contributed by atoms with van der Waals surface area (Å²) in [4.78, 5) is 3.75. The number of pyridine rings is 1. The van der Waals surface area contributed by atoms with Crippen molar-refractivity contribution < 1.29 is 4.39 Å². The zero-order chi connectivity index (χ0) is 13.1. The molecular weight excluding hydrogens is 319 g/mol. The molecule has 1 unspecified atom stereocenters. The highest BCUT2D eigenvalue weighted by Crippen LogP contribution is 2.33. The first-order valence-electron chi connectivity index (χ1n) is 5.35. The van der Waals surface area contributed by atoms with E-state index in [0.29, 0.717) is 10.6 Å². The van der Waals surface area contributed by atoms with E-state index in [4.69, 9.17) is 11.6 Å². The summed E-state index contributed by atoms with van der Waals surface area (Å²) in [6, 6.07) is 6.93. The van der Waals surface area contributed by atoms with E-state index < -0.39 is 0 Å². The van der Waals surface area contributed by atoms with E-state index in [0.717, 1.165) is 10.0 Å². The molecule has 2 rings (SSSR count). The van der Waals surface area contributed by atoms with Crippen molar-refractivity contribution in [1.29, 1.82) is 0 Å². The van der Waals surface area contributed by atoms with Gasteiger partial charge in [0.05, 0.1) is 17.3 Å². The molecule has 0 saturated heterocycles. The lowest BCUT2D eigenvalue weighted by molar-refractivity contribution is 0.571. The van der Waals surface area contributed by atoms with Gasteiger partial charge in [-0.3, -0.25) is 4.98 Å². The van der Waals surface area contributed by atoms with Crippen molar-refractivity contribution in [1.82, 2.24) is 10.3 Å². The summed E-state index contributed by atoms with van der Waals surface area (Å²) >= 11 is 9.61. The van der Waals surface area contributed by atoms with Gasteiger partial charge < -0.3 is 5.32 Å². The largest absolute Gasteiger partial charge is 0.309 e. The van der Waals surface area contributed by atoms with Crippen LogP contribution in [0.5, 0.6) is 0 Å². The van der Waals surface area contributed by atoms with E-state index in [1.165, 1.54) is 6.20 Å². The van der Waals surface area contributed by atoms with E-state index in [1.807, 2.05) is 18.2 Å². The van der Waals surface area contributed by atoms with Crippen LogP contribution in [0.2, 0.25) is 5.02 Å². The van der Waals surface area contributed by atoms with Crippen molar-refractivity contribution in [2.24, 2.45) is 0 Å². The summed E-state index contributed by atoms with van der Waals surface area (Å²) in [5.74, 6) is -0.354. The number of nitrogens with zero attached hydrogens (tertiary/aromatic N) is 1. The van der Waals surface area contributed by atoms with Crippen molar-refractivity contribution in [3.63, 3.8) is 0 Å². The fraction of sp³-hybridized carbons (Fsp3) is 0.154. The minimum Gasteiger partial charge on any atom is -0.309 e. The third-order valence-electron chi connectivity index (χ3n) is 2.70. The standard InChI is InChI=1S/C13H11BrClFN2/c1-17-13(8-5-6-18-7-11(8)16)9-3-2-4-10(14)12(9)15/h2-7,13,17H,1H3. The van der Waals surface area contributed by atoms with Crippen LogP contribution in [-0.4, -0.2) is 12.0 Å². The molecule has 2 aromatic rings. The van der Waals surface area contributed by atoms with E-state index in [-0.39, 0.29) is 11.9 Å². The number of hydrogen-bond donors (Lipinski definition) is 1. The van der Waals surface area contributed by atoms with E-state index >= 15 is 0 Å². The van der Waals surface area contributed by atoms with E-state index in [9.17, 15) is 4.39 Å². The molecule has 1 heterocycles. The molecule has 0 fully saturated rings. The van der Waals surface area contributed by atoms with Gasteiger partial charge in [0.1, 0.15) is 5.82 Å². The molecule has 0 aliphatic rings. The van der Waals surface area contributed by atoms with Crippen molar-refractivity contribution in [3.8, 4) is 0 Å². The smallest absolute Gasteiger partial charge is 0.146 e. The van der Waals surface area contributed by atoms with Gasteiger partial charge in [-0.15, -0.1) is 0 Å². The lowest BCUT2D eigenvalue weighted by Crippen LogP contribution is -2.19. The van der Waals surface area contributed by atoms with Gasteiger partial charge in [0, 0.05) is 16.2 Å². The number of hydrogen-bond acceptors (Lipinski definition) is 2. The molecule has 1 aromatic carbocycles. The summed E-state index contributed by atoms with van der Waals surface area (Å²) in [6.07, 6.45) is 2.76. The summed E-state index contributed by atoms with van der Waals surface area (Å²) in [5.41, 5.74) is 1.34. The van der Waals surface area contributed by atoms with Gasteiger partial charge in [-0.05, 0) is 40.7 Å². The molecule has 5 heteroatoms. The highest BCUT2D eigenvalue weighted by atomic mass is 79.9. The highest BCUT2D eigenvalue weighted by Gasteiger charge is 2.19. The molecule has 1 aromatic heterocycles. The van der Waals surface area contributed by atoms with Crippen LogP contribution in [0.15, 0.2) is 41.1 Å². The van der Waals surface area contributed by atoms with Crippen LogP contribution in [0.25, 0.3) is 0 Å². The quantitative estimate of drug-likeness (QED) is 0.922. The van der Waals surface area contributed by atoms with Gasteiger partial charge >= 0.3 is 0 Å². The Bertz CT molecular complexity index is 562. The SMILES string of the molecule is CNC(c1ccncc1F)c1cccc(Br)c1Cl. The van der Waals surface area contributed by atoms with Crippen LogP contribution < -0.4 is 5.32 Å². The second-order valence-corrected chi connectivity index (χ2v) is 4.99. The summed E-state index contributed by atoms with van der Waals surface area (Å²) < 4.78 is 14.6. The first-order chi connectivity index (χ1) is 8.65. The van der Waals surface area contributed by atoms with Crippen LogP contribution in [-0.2, 0) is 0 Å². The van der Waals surface area contributed by atoms with Crippen LogP contribution in [0.4, 0.5) is 4.39 Å². The summed E-state index contributed by atoms with van der Waals surface area (Å²) in [7, 11) is 1.77. The fourth-order valence-electron chi connectivity index (χ4n) is 1.84. The first kappa shape index (κ1) is 13.5. The maximum Gasteiger partial charge on any atom is 0.146 e. The van der Waals surface area contributed by atoms with Gasteiger partial charge in [0.25, 0.3) is 0 Å². The number of halogens is 3. The third kappa shape index (κ3) is 2.55. The molecule has 0 saturated carbocycles. The normalized spacial score (nSPS) is 12.4. The number of aromatic nitrogens is 1. The van der Waals surface area contributed by atoms with Crippen LogP contribution >= 0.6 is 27.5 Å². The van der Waals surface area contributed by atoms with Crippen molar-refractivity contribution >= 4 is 27.5 Å². The Morgan fingerprint density at radius 1 is 1.33 bits per heavy atom. The Morgan fingerprint density at radius 3 is 2.78 bits per heavy atom. The van der Waals surface area contributed by atoms with Crippen molar-refractivity contribution in [2.45, 2.75) is 6.04 Å². The van der Waals surface area contributed by atoms with Crippen LogP contribution in [0.3, 0.4) is 0 Å². The van der Waals surface area contributed by atoms with Crippen molar-refractivity contribution in [3.05, 3.63) is 63.1 Å². The van der Waals surface area contributed by atoms with Gasteiger partial charge in [-0.2, -0.15) is 0 Å². The molecule has 94 valence electrons.